The van der Waals surface area contributed by atoms with Gasteiger partial charge in [-0.25, -0.2) is 6.57 Å². The molecule has 0 aliphatic carbocycles. The Morgan fingerprint density at radius 3 is 2.17 bits per heavy atom. The zero-order valence-corrected chi connectivity index (χ0v) is 14.7. The Morgan fingerprint density at radius 2 is 1.78 bits per heavy atom. The maximum atomic E-state index is 11.6. The van der Waals surface area contributed by atoms with Gasteiger partial charge < -0.3 is 9.74 Å². The fraction of sp³-hybridized carbons (Fsp3) is 0.611. The summed E-state index contributed by atoms with van der Waals surface area (Å²) < 4.78 is 0. The Bertz CT molecular complexity index is 566. The summed E-state index contributed by atoms with van der Waals surface area (Å²) in [6, 6.07) is 4.94. The maximum absolute atomic E-state index is 11.6. The Labute approximate surface area is 139 Å². The van der Waals surface area contributed by atoms with Gasteiger partial charge in [0.1, 0.15) is 5.69 Å². The molecule has 0 spiro atoms. The number of hydrogen-bond acceptors (Lipinski definition) is 3. The van der Waals surface area contributed by atoms with E-state index in [-0.39, 0.29) is 16.7 Å². The summed E-state index contributed by atoms with van der Waals surface area (Å²) in [4.78, 5) is 16.9. The molecule has 1 atom stereocenters. The van der Waals surface area contributed by atoms with Gasteiger partial charge in [-0.2, -0.15) is 0 Å². The van der Waals surface area contributed by atoms with Crippen molar-refractivity contribution in [3.8, 4) is 0 Å². The Kier molecular flexibility index (Phi) is 7.02. The second kappa shape index (κ2) is 8.52. The number of nitro groups is 1. The van der Waals surface area contributed by atoms with Gasteiger partial charge in [-0.05, 0) is 24.0 Å². The summed E-state index contributed by atoms with van der Waals surface area (Å²) in [6.45, 7) is 19.2. The van der Waals surface area contributed by atoms with Crippen molar-refractivity contribution in [3.63, 3.8) is 0 Å². The minimum atomic E-state index is -0.330. The molecule has 0 aliphatic rings. The lowest BCUT2D eigenvalue weighted by molar-refractivity contribution is -0.384. The van der Waals surface area contributed by atoms with Crippen LogP contribution in [0.25, 0.3) is 4.85 Å². The van der Waals surface area contributed by atoms with Gasteiger partial charge >= 0.3 is 0 Å². The van der Waals surface area contributed by atoms with Crippen molar-refractivity contribution in [2.75, 3.05) is 18.0 Å². The summed E-state index contributed by atoms with van der Waals surface area (Å²) in [5.74, 6) is 0.833. The van der Waals surface area contributed by atoms with Crippen molar-refractivity contribution < 1.29 is 4.92 Å². The molecule has 0 aromatic heterocycles. The summed E-state index contributed by atoms with van der Waals surface area (Å²) in [7, 11) is 0. The average molecular weight is 317 g/mol. The fourth-order valence-corrected chi connectivity index (χ4v) is 2.72. The molecule has 0 radical (unpaired) electrons. The SMILES string of the molecule is [C-]#[N+]C(CC)c1ccc(N(CC(C)C)CC(C)C)c([N+](=O)[O-])c1. The topological polar surface area (TPSA) is 50.7 Å². The molecule has 1 aromatic rings. The molecular weight excluding hydrogens is 290 g/mol. The molecule has 126 valence electrons. The van der Waals surface area contributed by atoms with E-state index in [1.807, 2.05) is 19.1 Å². The molecule has 1 rings (SSSR count). The van der Waals surface area contributed by atoms with Gasteiger partial charge in [-0.1, -0.05) is 34.6 Å². The Balaban J connectivity index is 3.32. The Hall–Kier alpha value is -2.09. The van der Waals surface area contributed by atoms with Gasteiger partial charge in [0.05, 0.1) is 4.92 Å². The molecule has 0 heterocycles. The molecule has 0 aliphatic heterocycles. The second-order valence-electron chi connectivity index (χ2n) is 6.75. The van der Waals surface area contributed by atoms with Crippen molar-refractivity contribution >= 4 is 11.4 Å². The lowest BCUT2D eigenvalue weighted by Gasteiger charge is -2.28. The number of hydrogen-bond donors (Lipinski definition) is 0. The van der Waals surface area contributed by atoms with Gasteiger partial charge in [-0.3, -0.25) is 10.1 Å². The van der Waals surface area contributed by atoms with Crippen molar-refractivity contribution in [3.05, 3.63) is 45.3 Å². The molecule has 23 heavy (non-hydrogen) atoms. The number of nitrogens with zero attached hydrogens (tertiary/aromatic N) is 3. The van der Waals surface area contributed by atoms with Gasteiger partial charge in [0.25, 0.3) is 5.69 Å². The van der Waals surface area contributed by atoms with E-state index < -0.39 is 0 Å². The predicted molar refractivity (Wildman–Crippen MR) is 94.6 cm³/mol. The van der Waals surface area contributed by atoms with Crippen molar-refractivity contribution in [2.24, 2.45) is 11.8 Å². The van der Waals surface area contributed by atoms with Crippen LogP contribution >= 0.6 is 0 Å². The smallest absolute Gasteiger partial charge is 0.293 e. The first kappa shape index (κ1) is 19.0. The molecule has 0 saturated carbocycles. The zero-order chi connectivity index (χ0) is 17.6. The van der Waals surface area contributed by atoms with E-state index in [4.69, 9.17) is 6.57 Å². The van der Waals surface area contributed by atoms with E-state index in [1.54, 1.807) is 6.07 Å². The highest BCUT2D eigenvalue weighted by atomic mass is 16.6. The van der Waals surface area contributed by atoms with E-state index in [1.165, 1.54) is 0 Å². The minimum absolute atomic E-state index is 0.103. The van der Waals surface area contributed by atoms with Crippen LogP contribution in [-0.2, 0) is 0 Å². The standard InChI is InChI=1S/C18H27N3O2/c1-7-16(19-6)15-8-9-17(18(10-15)21(22)23)20(11-13(2)3)12-14(4)5/h8-10,13-14,16H,7,11-12H2,1-5H3. The van der Waals surface area contributed by atoms with Crippen LogP contribution in [0.4, 0.5) is 11.4 Å². The number of rotatable bonds is 8. The second-order valence-corrected chi connectivity index (χ2v) is 6.75. The van der Waals surface area contributed by atoms with Crippen LogP contribution in [0, 0.1) is 28.5 Å². The van der Waals surface area contributed by atoms with Crippen LogP contribution in [0.2, 0.25) is 0 Å². The van der Waals surface area contributed by atoms with E-state index in [9.17, 15) is 10.1 Å². The van der Waals surface area contributed by atoms with Gasteiger partial charge in [-0.15, -0.1) is 0 Å². The quantitative estimate of drug-likeness (QED) is 0.381. The lowest BCUT2D eigenvalue weighted by atomic mass is 10.0. The molecule has 0 N–H and O–H groups in total. The predicted octanol–water partition coefficient (Wildman–Crippen LogP) is 5.08. The van der Waals surface area contributed by atoms with Crippen LogP contribution < -0.4 is 4.90 Å². The zero-order valence-electron chi connectivity index (χ0n) is 14.7. The first-order chi connectivity index (χ1) is 10.8. The van der Waals surface area contributed by atoms with Crippen molar-refractivity contribution in [1.29, 1.82) is 0 Å². The van der Waals surface area contributed by atoms with Gasteiger partial charge in [0.2, 0.25) is 6.04 Å². The van der Waals surface area contributed by atoms with Crippen LogP contribution in [0.5, 0.6) is 0 Å². The van der Waals surface area contributed by atoms with E-state index in [0.717, 1.165) is 18.7 Å². The van der Waals surface area contributed by atoms with E-state index in [2.05, 4.69) is 37.4 Å². The first-order valence-corrected chi connectivity index (χ1v) is 8.19. The number of nitro benzene ring substituents is 1. The first-order valence-electron chi connectivity index (χ1n) is 8.19. The van der Waals surface area contributed by atoms with Crippen LogP contribution in [-0.4, -0.2) is 18.0 Å². The third kappa shape index (κ3) is 5.24. The highest BCUT2D eigenvalue weighted by Crippen LogP contribution is 2.34. The van der Waals surface area contributed by atoms with Gasteiger partial charge in [0, 0.05) is 31.1 Å². The number of benzene rings is 1. The molecule has 1 unspecified atom stereocenters. The highest BCUT2D eigenvalue weighted by molar-refractivity contribution is 5.65. The van der Waals surface area contributed by atoms with E-state index >= 15 is 0 Å². The summed E-state index contributed by atoms with van der Waals surface area (Å²) in [6.07, 6.45) is 0.654. The fourth-order valence-electron chi connectivity index (χ4n) is 2.72. The Morgan fingerprint density at radius 1 is 1.22 bits per heavy atom. The van der Waals surface area contributed by atoms with Crippen LogP contribution in [0.3, 0.4) is 0 Å². The van der Waals surface area contributed by atoms with Gasteiger partial charge in [0.15, 0.2) is 0 Å². The maximum Gasteiger partial charge on any atom is 0.293 e. The summed E-state index contributed by atoms with van der Waals surface area (Å²) in [5.41, 5.74) is 1.49. The molecule has 1 aromatic carbocycles. The molecular formula is C18H27N3O2. The molecule has 5 heteroatoms. The summed E-state index contributed by atoms with van der Waals surface area (Å²) in [5, 5.41) is 11.6. The molecule has 0 bridgehead atoms. The van der Waals surface area contributed by atoms with Crippen LogP contribution in [0.15, 0.2) is 18.2 Å². The summed E-state index contributed by atoms with van der Waals surface area (Å²) >= 11 is 0. The van der Waals surface area contributed by atoms with Crippen molar-refractivity contribution in [2.45, 2.75) is 47.1 Å². The monoisotopic (exact) mass is 317 g/mol. The molecule has 0 fully saturated rings. The van der Waals surface area contributed by atoms with E-state index in [0.29, 0.717) is 23.9 Å². The van der Waals surface area contributed by atoms with Crippen molar-refractivity contribution in [1.82, 2.24) is 0 Å². The molecule has 0 saturated heterocycles. The third-order valence-corrected chi connectivity index (χ3v) is 3.64. The number of anilines is 1. The molecule has 5 nitrogen and oxygen atoms in total. The largest absolute Gasteiger partial charge is 0.365 e. The molecule has 0 amide bonds. The lowest BCUT2D eigenvalue weighted by Crippen LogP contribution is -2.31. The normalized spacial score (nSPS) is 12.3. The van der Waals surface area contributed by atoms with Crippen LogP contribution in [0.1, 0.15) is 52.6 Å². The average Bonchev–Trinajstić information content (AvgIpc) is 2.46. The third-order valence-electron chi connectivity index (χ3n) is 3.64. The highest BCUT2D eigenvalue weighted by Gasteiger charge is 2.24. The minimum Gasteiger partial charge on any atom is -0.365 e.